The van der Waals surface area contributed by atoms with Gasteiger partial charge < -0.3 is 10.6 Å². The number of rotatable bonds is 4. The Hall–Kier alpha value is -1.79. The van der Waals surface area contributed by atoms with Gasteiger partial charge in [0, 0.05) is 21.7 Å². The van der Waals surface area contributed by atoms with E-state index < -0.39 is 5.41 Å². The zero-order chi connectivity index (χ0) is 17.0. The molecule has 0 spiro atoms. The molecule has 2 rings (SSSR count). The Labute approximate surface area is 144 Å². The van der Waals surface area contributed by atoms with E-state index in [1.54, 1.807) is 36.0 Å². The maximum atomic E-state index is 12.3. The summed E-state index contributed by atoms with van der Waals surface area (Å²) in [6, 6.07) is 9.10. The number of thiophene rings is 1. The van der Waals surface area contributed by atoms with Gasteiger partial charge in [-0.15, -0.1) is 23.1 Å². The Morgan fingerprint density at radius 1 is 1.09 bits per heavy atom. The van der Waals surface area contributed by atoms with E-state index in [2.05, 4.69) is 10.6 Å². The van der Waals surface area contributed by atoms with Crippen molar-refractivity contribution >= 4 is 46.3 Å². The molecule has 0 fully saturated rings. The number of carbonyl (C=O) groups is 2. The highest BCUT2D eigenvalue weighted by Crippen LogP contribution is 2.27. The zero-order valence-corrected chi connectivity index (χ0v) is 15.2. The third-order valence-corrected chi connectivity index (χ3v) is 4.94. The van der Waals surface area contributed by atoms with Crippen LogP contribution in [0.15, 0.2) is 40.6 Å². The van der Waals surface area contributed by atoms with E-state index in [4.69, 9.17) is 0 Å². The van der Waals surface area contributed by atoms with Gasteiger partial charge in [-0.2, -0.15) is 0 Å². The highest BCUT2D eigenvalue weighted by molar-refractivity contribution is 7.98. The number of anilines is 2. The number of hydrogen-bond donors (Lipinski definition) is 2. The first kappa shape index (κ1) is 17.6. The van der Waals surface area contributed by atoms with Gasteiger partial charge in [0.25, 0.3) is 5.91 Å². The van der Waals surface area contributed by atoms with E-state index in [0.717, 1.165) is 4.90 Å². The average molecular weight is 348 g/mol. The summed E-state index contributed by atoms with van der Waals surface area (Å²) in [5.74, 6) is -0.201. The van der Waals surface area contributed by atoms with Crippen LogP contribution in [0.3, 0.4) is 0 Å². The summed E-state index contributed by atoms with van der Waals surface area (Å²) in [5.41, 5.74) is 0.852. The topological polar surface area (TPSA) is 58.2 Å². The Bertz CT molecular complexity index is 717. The van der Waals surface area contributed by atoms with Crippen molar-refractivity contribution in [1.29, 1.82) is 0 Å². The minimum Gasteiger partial charge on any atom is -0.326 e. The van der Waals surface area contributed by atoms with Crippen LogP contribution in [0.2, 0.25) is 0 Å². The molecule has 1 aromatic carbocycles. The fourth-order valence-electron chi connectivity index (χ4n) is 1.80. The van der Waals surface area contributed by atoms with Crippen molar-refractivity contribution in [2.75, 3.05) is 16.9 Å². The smallest absolute Gasteiger partial charge is 0.266 e. The van der Waals surface area contributed by atoms with Crippen LogP contribution in [0.25, 0.3) is 0 Å². The quantitative estimate of drug-likeness (QED) is 0.787. The van der Waals surface area contributed by atoms with E-state index in [0.29, 0.717) is 16.3 Å². The molecule has 0 saturated carbocycles. The molecule has 0 aliphatic rings. The Morgan fingerprint density at radius 3 is 2.35 bits per heavy atom. The first-order valence-corrected chi connectivity index (χ1v) is 9.26. The molecule has 122 valence electrons. The molecular formula is C17H20N2O2S2. The van der Waals surface area contributed by atoms with Gasteiger partial charge in [-0.25, -0.2) is 0 Å². The molecule has 4 nitrogen and oxygen atoms in total. The van der Waals surface area contributed by atoms with Gasteiger partial charge >= 0.3 is 0 Å². The minimum atomic E-state index is -0.469. The largest absolute Gasteiger partial charge is 0.326 e. The summed E-state index contributed by atoms with van der Waals surface area (Å²) < 4.78 is 0. The molecule has 6 heteroatoms. The normalized spacial score (nSPS) is 11.1. The predicted molar refractivity (Wildman–Crippen MR) is 98.6 cm³/mol. The molecular weight excluding hydrogens is 328 g/mol. The van der Waals surface area contributed by atoms with Crippen LogP contribution in [0.4, 0.5) is 11.4 Å². The summed E-state index contributed by atoms with van der Waals surface area (Å²) in [4.78, 5) is 26.0. The number of nitrogens with one attached hydrogen (secondary N) is 2. The molecule has 2 aromatic rings. The molecule has 1 heterocycles. The second-order valence-electron chi connectivity index (χ2n) is 6.06. The third kappa shape index (κ3) is 4.59. The van der Waals surface area contributed by atoms with E-state index in [9.17, 15) is 9.59 Å². The molecule has 2 amide bonds. The van der Waals surface area contributed by atoms with Crippen molar-refractivity contribution in [3.8, 4) is 0 Å². The number of amides is 2. The highest BCUT2D eigenvalue weighted by atomic mass is 32.2. The van der Waals surface area contributed by atoms with Crippen molar-refractivity contribution in [2.45, 2.75) is 25.7 Å². The van der Waals surface area contributed by atoms with Crippen LogP contribution in [0, 0.1) is 5.41 Å². The fourth-order valence-corrected chi connectivity index (χ4v) is 3.45. The lowest BCUT2D eigenvalue weighted by atomic mass is 9.95. The van der Waals surface area contributed by atoms with E-state index in [1.807, 2.05) is 38.5 Å². The Morgan fingerprint density at radius 2 is 1.74 bits per heavy atom. The second kappa shape index (κ2) is 7.19. The fraction of sp³-hybridized carbons (Fsp3) is 0.294. The van der Waals surface area contributed by atoms with E-state index >= 15 is 0 Å². The van der Waals surface area contributed by atoms with Gasteiger partial charge in [0.2, 0.25) is 5.91 Å². The molecule has 2 N–H and O–H groups in total. The molecule has 0 saturated heterocycles. The first-order chi connectivity index (χ1) is 10.8. The van der Waals surface area contributed by atoms with Crippen LogP contribution < -0.4 is 10.6 Å². The summed E-state index contributed by atoms with van der Waals surface area (Å²) in [5, 5.41) is 7.64. The van der Waals surface area contributed by atoms with Gasteiger partial charge in [-0.3, -0.25) is 9.59 Å². The van der Waals surface area contributed by atoms with Crippen LogP contribution in [-0.2, 0) is 4.79 Å². The number of thioether (sulfide) groups is 1. The standard InChI is InChI=1S/C17H20N2O2S2/c1-17(2,3)16(21)19-12-7-5-6-11(10-12)18-15(20)14-13(22-4)8-9-23-14/h5-10H,1-4H3,(H,18,20)(H,19,21). The summed E-state index contributed by atoms with van der Waals surface area (Å²) in [6.07, 6.45) is 1.95. The van der Waals surface area contributed by atoms with Crippen LogP contribution in [0.5, 0.6) is 0 Å². The zero-order valence-electron chi connectivity index (χ0n) is 13.6. The molecule has 0 aliphatic heterocycles. The van der Waals surface area contributed by atoms with Gasteiger partial charge in [0.1, 0.15) is 4.88 Å². The minimum absolute atomic E-state index is 0.0658. The van der Waals surface area contributed by atoms with Gasteiger partial charge in [0.15, 0.2) is 0 Å². The summed E-state index contributed by atoms with van der Waals surface area (Å²) in [7, 11) is 0. The molecule has 23 heavy (non-hydrogen) atoms. The lowest BCUT2D eigenvalue weighted by Gasteiger charge is -2.18. The third-order valence-electron chi connectivity index (χ3n) is 3.11. The maximum absolute atomic E-state index is 12.3. The van der Waals surface area contributed by atoms with Crippen LogP contribution in [0.1, 0.15) is 30.4 Å². The molecule has 1 aromatic heterocycles. The van der Waals surface area contributed by atoms with Crippen molar-refractivity contribution < 1.29 is 9.59 Å². The van der Waals surface area contributed by atoms with Gasteiger partial charge in [-0.05, 0) is 35.9 Å². The Kier molecular flexibility index (Phi) is 5.49. The number of hydrogen-bond acceptors (Lipinski definition) is 4. The molecule has 0 radical (unpaired) electrons. The number of benzene rings is 1. The van der Waals surface area contributed by atoms with E-state index in [1.165, 1.54) is 11.3 Å². The SMILES string of the molecule is CSc1ccsc1C(=O)Nc1cccc(NC(=O)C(C)(C)C)c1. The molecule has 0 aliphatic carbocycles. The monoisotopic (exact) mass is 348 g/mol. The van der Waals surface area contributed by atoms with Crippen LogP contribution in [-0.4, -0.2) is 18.1 Å². The first-order valence-electron chi connectivity index (χ1n) is 7.15. The maximum Gasteiger partial charge on any atom is 0.266 e. The second-order valence-corrected chi connectivity index (χ2v) is 7.82. The summed E-state index contributed by atoms with van der Waals surface area (Å²) >= 11 is 2.96. The number of carbonyl (C=O) groups excluding carboxylic acids is 2. The lowest BCUT2D eigenvalue weighted by Crippen LogP contribution is -2.27. The van der Waals surface area contributed by atoms with E-state index in [-0.39, 0.29) is 11.8 Å². The van der Waals surface area contributed by atoms with Crippen molar-refractivity contribution in [3.63, 3.8) is 0 Å². The van der Waals surface area contributed by atoms with Gasteiger partial charge in [0.05, 0.1) is 0 Å². The predicted octanol–water partition coefficient (Wildman–Crippen LogP) is 4.71. The Balaban J connectivity index is 2.11. The molecule has 0 atom stereocenters. The van der Waals surface area contributed by atoms with Crippen molar-refractivity contribution in [2.24, 2.45) is 5.41 Å². The van der Waals surface area contributed by atoms with Crippen LogP contribution >= 0.6 is 23.1 Å². The van der Waals surface area contributed by atoms with Crippen molar-refractivity contribution in [3.05, 3.63) is 40.6 Å². The highest BCUT2D eigenvalue weighted by Gasteiger charge is 2.21. The molecule has 0 bridgehead atoms. The molecule has 0 unspecified atom stereocenters. The van der Waals surface area contributed by atoms with Crippen molar-refractivity contribution in [1.82, 2.24) is 0 Å². The lowest BCUT2D eigenvalue weighted by molar-refractivity contribution is -0.123. The van der Waals surface area contributed by atoms with Gasteiger partial charge in [-0.1, -0.05) is 26.8 Å². The average Bonchev–Trinajstić information content (AvgIpc) is 2.95. The summed E-state index contributed by atoms with van der Waals surface area (Å²) in [6.45, 7) is 5.57.